The first-order valence-electron chi connectivity index (χ1n) is 8.59. The third kappa shape index (κ3) is 3.16. The lowest BCUT2D eigenvalue weighted by Crippen LogP contribution is -2.41. The number of rotatable bonds is 2. The third-order valence-electron chi connectivity index (χ3n) is 4.79. The van der Waals surface area contributed by atoms with Gasteiger partial charge in [-0.05, 0) is 56.5 Å². The molecule has 25 heavy (non-hydrogen) atoms. The maximum atomic E-state index is 13.3. The van der Waals surface area contributed by atoms with Gasteiger partial charge in [-0.2, -0.15) is 0 Å². The number of carbonyl (C=O) groups excluding carboxylic acids is 1. The minimum atomic E-state index is -0.251. The van der Waals surface area contributed by atoms with Crippen LogP contribution in [0.1, 0.15) is 36.5 Å². The van der Waals surface area contributed by atoms with Gasteiger partial charge in [-0.15, -0.1) is 11.3 Å². The lowest BCUT2D eigenvalue weighted by atomic mass is 10.0. The maximum Gasteiger partial charge on any atom is 0.254 e. The summed E-state index contributed by atoms with van der Waals surface area (Å²) in [7, 11) is 0. The summed E-state index contributed by atoms with van der Waals surface area (Å²) in [4.78, 5) is 19.2. The first-order valence-corrected chi connectivity index (χ1v) is 9.41. The molecule has 1 aliphatic rings. The van der Waals surface area contributed by atoms with E-state index in [-0.39, 0.29) is 11.7 Å². The van der Waals surface area contributed by atoms with Gasteiger partial charge in [0, 0.05) is 23.7 Å². The molecule has 5 heteroatoms. The number of hydrogen-bond acceptors (Lipinski definition) is 3. The van der Waals surface area contributed by atoms with Crippen LogP contribution in [0.4, 0.5) is 4.39 Å². The fourth-order valence-corrected chi connectivity index (χ4v) is 4.34. The van der Waals surface area contributed by atoms with Crippen LogP contribution in [-0.2, 0) is 0 Å². The second-order valence-corrected chi connectivity index (χ2v) is 7.58. The number of thiazole rings is 1. The van der Waals surface area contributed by atoms with Crippen molar-refractivity contribution in [2.24, 2.45) is 0 Å². The number of fused-ring (bicyclic) bond motifs is 1. The second kappa shape index (κ2) is 6.56. The zero-order valence-corrected chi connectivity index (χ0v) is 14.9. The largest absolute Gasteiger partial charge is 0.336 e. The number of likely N-dealkylation sites (tertiary alicyclic amines) is 1. The molecule has 4 rings (SSSR count). The van der Waals surface area contributed by atoms with Gasteiger partial charge in [0.05, 0.1) is 10.2 Å². The fraction of sp³-hybridized carbons (Fsp3) is 0.300. The molecule has 1 fully saturated rings. The van der Waals surface area contributed by atoms with Crippen LogP contribution in [-0.4, -0.2) is 28.4 Å². The number of halogens is 1. The lowest BCUT2D eigenvalue weighted by Gasteiger charge is -2.33. The summed E-state index contributed by atoms with van der Waals surface area (Å²) in [5.41, 5.74) is 2.46. The predicted molar refractivity (Wildman–Crippen MR) is 99.4 cm³/mol. The minimum Gasteiger partial charge on any atom is -0.336 e. The molecule has 128 valence electrons. The summed E-state index contributed by atoms with van der Waals surface area (Å²) < 4.78 is 14.2. The highest BCUT2D eigenvalue weighted by Crippen LogP contribution is 2.31. The van der Waals surface area contributed by atoms with Crippen molar-refractivity contribution >= 4 is 27.5 Å². The molecule has 2 heterocycles. The molecule has 0 spiro atoms. The highest BCUT2D eigenvalue weighted by Gasteiger charge is 2.24. The second-order valence-electron chi connectivity index (χ2n) is 6.55. The Morgan fingerprint density at radius 3 is 2.76 bits per heavy atom. The topological polar surface area (TPSA) is 33.2 Å². The van der Waals surface area contributed by atoms with E-state index in [1.165, 1.54) is 29.9 Å². The van der Waals surface area contributed by atoms with E-state index in [1.54, 1.807) is 6.07 Å². The highest BCUT2D eigenvalue weighted by molar-refractivity contribution is 7.21. The molecule has 0 N–H and O–H groups in total. The Morgan fingerprint density at radius 2 is 2.00 bits per heavy atom. The van der Waals surface area contributed by atoms with E-state index < -0.39 is 0 Å². The van der Waals surface area contributed by atoms with Crippen molar-refractivity contribution in [1.82, 2.24) is 9.88 Å². The number of piperidine rings is 1. The van der Waals surface area contributed by atoms with Crippen LogP contribution < -0.4 is 0 Å². The summed E-state index contributed by atoms with van der Waals surface area (Å²) in [6.45, 7) is 2.96. The molecule has 0 saturated carbocycles. The summed E-state index contributed by atoms with van der Waals surface area (Å²) in [6.07, 6.45) is 3.35. The lowest BCUT2D eigenvalue weighted by molar-refractivity contribution is 0.0635. The summed E-state index contributed by atoms with van der Waals surface area (Å²) in [5.74, 6) is -0.149. The molecule has 2 aromatic carbocycles. The van der Waals surface area contributed by atoms with E-state index >= 15 is 0 Å². The number of hydrogen-bond donors (Lipinski definition) is 0. The van der Waals surface area contributed by atoms with E-state index in [4.69, 9.17) is 0 Å². The van der Waals surface area contributed by atoms with Gasteiger partial charge in [0.1, 0.15) is 10.8 Å². The van der Waals surface area contributed by atoms with Crippen LogP contribution in [0.25, 0.3) is 20.8 Å². The standard InChI is InChI=1S/C20H19FN2OS/c1-13-4-2-3-11-23(13)20(24)15-7-5-14(6-8-15)19-22-17-10-9-16(21)12-18(17)25-19/h5-10,12-13H,2-4,11H2,1H3. The van der Waals surface area contributed by atoms with Gasteiger partial charge in [-0.1, -0.05) is 12.1 Å². The fourth-order valence-electron chi connectivity index (χ4n) is 3.34. The molecule has 1 unspecified atom stereocenters. The van der Waals surface area contributed by atoms with Gasteiger partial charge in [-0.3, -0.25) is 4.79 Å². The Hall–Kier alpha value is -2.27. The van der Waals surface area contributed by atoms with Crippen LogP contribution >= 0.6 is 11.3 Å². The SMILES string of the molecule is CC1CCCCN1C(=O)c1ccc(-c2nc3ccc(F)cc3s2)cc1. The normalized spacial score (nSPS) is 17.8. The molecule has 0 radical (unpaired) electrons. The van der Waals surface area contributed by atoms with Crippen LogP contribution in [0.2, 0.25) is 0 Å². The minimum absolute atomic E-state index is 0.102. The molecule has 1 aliphatic heterocycles. The van der Waals surface area contributed by atoms with Crippen LogP contribution in [0.15, 0.2) is 42.5 Å². The zero-order chi connectivity index (χ0) is 17.4. The van der Waals surface area contributed by atoms with E-state index in [1.807, 2.05) is 29.2 Å². The third-order valence-corrected chi connectivity index (χ3v) is 5.86. The Kier molecular flexibility index (Phi) is 4.25. The van der Waals surface area contributed by atoms with Gasteiger partial charge in [-0.25, -0.2) is 9.37 Å². The van der Waals surface area contributed by atoms with E-state index in [0.29, 0.717) is 11.6 Å². The van der Waals surface area contributed by atoms with E-state index in [9.17, 15) is 9.18 Å². The average molecular weight is 354 g/mol. The smallest absolute Gasteiger partial charge is 0.254 e. The molecule has 1 atom stereocenters. The molecule has 1 saturated heterocycles. The van der Waals surface area contributed by atoms with Crippen molar-refractivity contribution in [2.45, 2.75) is 32.2 Å². The van der Waals surface area contributed by atoms with Crippen molar-refractivity contribution in [3.63, 3.8) is 0 Å². The Balaban J connectivity index is 1.59. The molecular weight excluding hydrogens is 335 g/mol. The number of aromatic nitrogens is 1. The molecule has 0 aliphatic carbocycles. The monoisotopic (exact) mass is 354 g/mol. The van der Waals surface area contributed by atoms with Crippen molar-refractivity contribution in [3.8, 4) is 10.6 Å². The van der Waals surface area contributed by atoms with Gasteiger partial charge < -0.3 is 4.90 Å². The highest BCUT2D eigenvalue weighted by atomic mass is 32.1. The predicted octanol–water partition coefficient (Wildman–Crippen LogP) is 5.12. The molecule has 1 aromatic heterocycles. The Bertz CT molecular complexity index is 919. The molecular formula is C20H19FN2OS. The van der Waals surface area contributed by atoms with Crippen LogP contribution in [0, 0.1) is 5.82 Å². The quantitative estimate of drug-likeness (QED) is 0.640. The molecule has 0 bridgehead atoms. The van der Waals surface area contributed by atoms with Gasteiger partial charge in [0.15, 0.2) is 0 Å². The zero-order valence-electron chi connectivity index (χ0n) is 14.0. The molecule has 3 aromatic rings. The van der Waals surface area contributed by atoms with Crippen LogP contribution in [0.3, 0.4) is 0 Å². The van der Waals surface area contributed by atoms with E-state index in [2.05, 4.69) is 11.9 Å². The summed E-state index contributed by atoms with van der Waals surface area (Å²) in [5, 5.41) is 0.839. The van der Waals surface area contributed by atoms with E-state index in [0.717, 1.165) is 40.2 Å². The summed E-state index contributed by atoms with van der Waals surface area (Å²) >= 11 is 1.46. The Labute approximate surface area is 150 Å². The Morgan fingerprint density at radius 1 is 1.20 bits per heavy atom. The first kappa shape index (κ1) is 16.2. The van der Waals surface area contributed by atoms with Gasteiger partial charge >= 0.3 is 0 Å². The van der Waals surface area contributed by atoms with Crippen molar-refractivity contribution < 1.29 is 9.18 Å². The van der Waals surface area contributed by atoms with Gasteiger partial charge in [0.2, 0.25) is 0 Å². The molecule has 3 nitrogen and oxygen atoms in total. The average Bonchev–Trinajstić information content (AvgIpc) is 3.05. The molecule has 1 amide bonds. The number of benzene rings is 2. The maximum absolute atomic E-state index is 13.3. The van der Waals surface area contributed by atoms with Gasteiger partial charge in [0.25, 0.3) is 5.91 Å². The summed E-state index contributed by atoms with van der Waals surface area (Å²) in [6, 6.07) is 12.5. The van der Waals surface area contributed by atoms with Crippen molar-refractivity contribution in [2.75, 3.05) is 6.54 Å². The van der Waals surface area contributed by atoms with Crippen LogP contribution in [0.5, 0.6) is 0 Å². The first-order chi connectivity index (χ1) is 12.1. The van der Waals surface area contributed by atoms with Crippen molar-refractivity contribution in [1.29, 1.82) is 0 Å². The number of carbonyl (C=O) groups is 1. The van der Waals surface area contributed by atoms with Crippen molar-refractivity contribution in [3.05, 3.63) is 53.8 Å². The number of nitrogens with zero attached hydrogens (tertiary/aromatic N) is 2. The number of amides is 1.